The van der Waals surface area contributed by atoms with Crippen LogP contribution >= 0.6 is 47.0 Å². The lowest BCUT2D eigenvalue weighted by Crippen LogP contribution is -1.93. The second kappa shape index (κ2) is 21.5. The fraction of sp³-hybridized carbons (Fsp3) is 0.286. The molecule has 2 aliphatic heterocycles. The minimum absolute atomic E-state index is 0.816. The topological polar surface area (TPSA) is 109 Å². The molecule has 7 aromatic rings. The molecule has 0 saturated heterocycles. The maximum atomic E-state index is 5.94. The average Bonchev–Trinajstić information content (AvgIpc) is 4.16. The van der Waals surface area contributed by atoms with Crippen LogP contribution in [0.15, 0.2) is 137 Å². The molecule has 0 aromatic carbocycles. The number of aromatic amines is 2. The Morgan fingerprint density at radius 2 is 0.559 bits per heavy atom. The van der Waals surface area contributed by atoms with Crippen LogP contribution in [0.25, 0.3) is 44.4 Å². The van der Waals surface area contributed by atoms with Crippen LogP contribution in [0.2, 0.25) is 0 Å². The van der Waals surface area contributed by atoms with Gasteiger partial charge in [0.25, 0.3) is 0 Å². The molecule has 2 N–H and O–H groups in total. The lowest BCUT2D eigenvalue weighted by atomic mass is 9.98. The van der Waals surface area contributed by atoms with Crippen molar-refractivity contribution in [3.63, 3.8) is 0 Å². The summed E-state index contributed by atoms with van der Waals surface area (Å²) in [4.78, 5) is 44.3. The maximum absolute atomic E-state index is 5.94. The quantitative estimate of drug-likeness (QED) is 0.0972. The highest BCUT2D eigenvalue weighted by molar-refractivity contribution is 8.00. The van der Waals surface area contributed by atoms with Crippen LogP contribution in [0.3, 0.4) is 0 Å². The lowest BCUT2D eigenvalue weighted by Gasteiger charge is -2.10. The van der Waals surface area contributed by atoms with Gasteiger partial charge in [0.1, 0.15) is 20.1 Å². The molecule has 0 fully saturated rings. The molecule has 0 aliphatic carbocycles. The van der Waals surface area contributed by atoms with Crippen LogP contribution in [0.1, 0.15) is 126 Å². The second-order valence-corrected chi connectivity index (χ2v) is 20.5. The number of aryl methyl sites for hydroxylation is 4. The van der Waals surface area contributed by atoms with E-state index in [0.717, 1.165) is 136 Å². The summed E-state index contributed by atoms with van der Waals surface area (Å²) in [6.07, 6.45) is 14.1. The van der Waals surface area contributed by atoms with E-state index in [-0.39, 0.29) is 0 Å². The summed E-state index contributed by atoms with van der Waals surface area (Å²) >= 11 is 6.82. The van der Waals surface area contributed by atoms with Gasteiger partial charge in [0.05, 0.1) is 64.4 Å². The molecule has 0 atom stereocenters. The minimum atomic E-state index is 0.816. The average molecular weight is 971 g/mol. The molecule has 68 heavy (non-hydrogen) atoms. The first-order chi connectivity index (χ1) is 33.4. The zero-order chi connectivity index (χ0) is 47.3. The normalized spacial score (nSPS) is 12.7. The molecule has 0 saturated carbocycles. The van der Waals surface area contributed by atoms with Crippen molar-refractivity contribution in [3.05, 3.63) is 143 Å². The van der Waals surface area contributed by atoms with Gasteiger partial charge < -0.3 is 9.97 Å². The third-order valence-electron chi connectivity index (χ3n) is 12.7. The molecule has 0 spiro atoms. The second-order valence-electron chi connectivity index (χ2n) is 16.4. The first kappa shape index (κ1) is 47.7. The van der Waals surface area contributed by atoms with Gasteiger partial charge in [0.15, 0.2) is 0 Å². The van der Waals surface area contributed by atoms with E-state index in [1.54, 1.807) is 47.0 Å². The Kier molecular flexibility index (Phi) is 15.1. The summed E-state index contributed by atoms with van der Waals surface area (Å²) < 4.78 is 0. The van der Waals surface area contributed by atoms with Gasteiger partial charge >= 0.3 is 0 Å². The van der Waals surface area contributed by atoms with E-state index in [9.17, 15) is 0 Å². The van der Waals surface area contributed by atoms with Crippen LogP contribution < -0.4 is 0 Å². The number of allylic oxidation sites excluding steroid dienone is 4. The summed E-state index contributed by atoms with van der Waals surface area (Å²) in [6.45, 7) is 18.2. The number of H-pyrrole nitrogens is 2. The molecule has 2 aliphatic rings. The van der Waals surface area contributed by atoms with Crippen molar-refractivity contribution >= 4 is 91.4 Å². The molecule has 12 heteroatoms. The monoisotopic (exact) mass is 970 g/mol. The highest BCUT2D eigenvalue weighted by Gasteiger charge is 2.31. The highest BCUT2D eigenvalue weighted by atomic mass is 32.2. The van der Waals surface area contributed by atoms with Gasteiger partial charge in [-0.25, -0.2) is 29.9 Å². The van der Waals surface area contributed by atoms with Gasteiger partial charge in [-0.15, -0.1) is 0 Å². The number of nitrogens with one attached hydrogen (secondary N) is 2. The fourth-order valence-corrected chi connectivity index (χ4v) is 13.8. The Hall–Kier alpha value is -5.40. The Morgan fingerprint density at radius 1 is 0.324 bits per heavy atom. The molecular weight excluding hydrogens is 913 g/mol. The molecule has 9 rings (SSSR count). The van der Waals surface area contributed by atoms with Crippen LogP contribution in [-0.4, -0.2) is 39.9 Å². The van der Waals surface area contributed by atoms with Crippen LogP contribution in [-0.2, 0) is 25.7 Å². The molecule has 8 bridgehead atoms. The number of hydrogen-bond acceptors (Lipinski definition) is 10. The first-order valence-corrected chi connectivity index (χ1v) is 27.4. The third kappa shape index (κ3) is 9.01. The Bertz CT molecular complexity index is 2780. The van der Waals surface area contributed by atoms with Gasteiger partial charge in [-0.05, 0) is 144 Å². The van der Waals surface area contributed by atoms with Crippen molar-refractivity contribution in [2.24, 2.45) is 0 Å². The summed E-state index contributed by atoms with van der Waals surface area (Å²) in [7, 11) is 0. The van der Waals surface area contributed by atoms with E-state index < -0.39 is 0 Å². The molecule has 9 heterocycles. The van der Waals surface area contributed by atoms with Crippen LogP contribution in [0.4, 0.5) is 0 Å². The molecule has 346 valence electrons. The third-order valence-corrected chi connectivity index (χ3v) is 16.9. The van der Waals surface area contributed by atoms with Gasteiger partial charge in [0, 0.05) is 24.8 Å². The first-order valence-electron chi connectivity index (χ1n) is 24.1. The molecular formula is C56H58N8S4. The summed E-state index contributed by atoms with van der Waals surface area (Å²) in [6, 6.07) is 24.7. The summed E-state index contributed by atoms with van der Waals surface area (Å²) in [5.41, 5.74) is 18.5. The van der Waals surface area contributed by atoms with E-state index in [4.69, 9.17) is 29.9 Å². The maximum Gasteiger partial charge on any atom is 0.101 e. The fourth-order valence-electron chi connectivity index (χ4n) is 9.75. The highest BCUT2D eigenvalue weighted by Crippen LogP contribution is 2.51. The SMILES string of the molecule is CCC1=C(CC)c2nc1c(Sc1ccccn1)c1[nH]c(c(CC)c1CC)c(Sc1ccccn1)c1nc(c(Sc3ccccn3)c3[nH]c(c(CC)c3CC)c2Sc2ccccn2)C(CC)=C1CC. The largest absolute Gasteiger partial charge is 0.353 e. The van der Waals surface area contributed by atoms with E-state index in [0.29, 0.717) is 0 Å². The predicted molar refractivity (Wildman–Crippen MR) is 287 cm³/mol. The Labute approximate surface area is 417 Å². The Balaban J connectivity index is 1.60. The molecule has 0 unspecified atom stereocenters. The van der Waals surface area contributed by atoms with Crippen LogP contribution in [0, 0.1) is 0 Å². The van der Waals surface area contributed by atoms with Gasteiger partial charge in [-0.2, -0.15) is 0 Å². The zero-order valence-corrected chi connectivity index (χ0v) is 43.5. The van der Waals surface area contributed by atoms with Gasteiger partial charge in [-0.3, -0.25) is 0 Å². The number of nitrogens with zero attached hydrogens (tertiary/aromatic N) is 6. The van der Waals surface area contributed by atoms with E-state index in [1.165, 1.54) is 44.5 Å². The molecule has 8 nitrogen and oxygen atoms in total. The van der Waals surface area contributed by atoms with Crippen molar-refractivity contribution in [3.8, 4) is 0 Å². The zero-order valence-electron chi connectivity index (χ0n) is 40.2. The van der Waals surface area contributed by atoms with E-state index in [1.807, 2.05) is 49.1 Å². The number of hydrogen-bond donors (Lipinski definition) is 2. The molecule has 0 amide bonds. The van der Waals surface area contributed by atoms with Crippen molar-refractivity contribution in [2.75, 3.05) is 0 Å². The minimum Gasteiger partial charge on any atom is -0.353 e. The van der Waals surface area contributed by atoms with E-state index in [2.05, 4.69) is 114 Å². The molecule has 0 radical (unpaired) electrons. The van der Waals surface area contributed by atoms with E-state index >= 15 is 0 Å². The Morgan fingerprint density at radius 3 is 0.735 bits per heavy atom. The van der Waals surface area contributed by atoms with Crippen molar-refractivity contribution < 1.29 is 0 Å². The van der Waals surface area contributed by atoms with Crippen molar-refractivity contribution in [1.82, 2.24) is 39.9 Å². The smallest absolute Gasteiger partial charge is 0.101 e. The standard InChI is InChI=1S/C56H58N8S4/c1-9-33-34(10-2)46-54(66-42-26-18-22-30-58-42)48-37(13-5)38(14-6)50(63-48)56(68-44-28-20-24-32-60-44)52-40(16-8)39(15-7)51(64-52)55(67-43-27-19-23-31-59-43)49-36(12-4)35(11-3)47(62-49)53(45(33)61-46)65-41-25-17-21-29-57-41/h17-32,61,64H,9-16H2,1-8H3. The lowest BCUT2D eigenvalue weighted by molar-refractivity contribution is 1.05. The number of fused-ring (bicyclic) bond motifs is 8. The number of rotatable bonds is 16. The molecule has 7 aromatic heterocycles. The number of aromatic nitrogens is 8. The van der Waals surface area contributed by atoms with Crippen LogP contribution in [0.5, 0.6) is 0 Å². The van der Waals surface area contributed by atoms with Crippen molar-refractivity contribution in [1.29, 1.82) is 0 Å². The van der Waals surface area contributed by atoms with Crippen molar-refractivity contribution in [2.45, 2.75) is 146 Å². The predicted octanol–water partition coefficient (Wildman–Crippen LogP) is 16.2. The summed E-state index contributed by atoms with van der Waals surface area (Å²) in [5.74, 6) is 0. The number of pyridine rings is 4. The van der Waals surface area contributed by atoms with Gasteiger partial charge in [-0.1, -0.05) is 127 Å². The van der Waals surface area contributed by atoms with Gasteiger partial charge in [0.2, 0.25) is 0 Å². The summed E-state index contributed by atoms with van der Waals surface area (Å²) in [5, 5.41) is 3.68.